The molecule has 5 heteroatoms. The van der Waals surface area contributed by atoms with Crippen LogP contribution in [-0.4, -0.2) is 26.3 Å². The third kappa shape index (κ3) is 3.42. The maximum absolute atomic E-state index is 14.0. The zero-order valence-electron chi connectivity index (χ0n) is 11.4. The third-order valence-corrected chi connectivity index (χ3v) is 3.15. The number of hydrogen-bond donors (Lipinski definition) is 0. The summed E-state index contributed by atoms with van der Waals surface area (Å²) in [6, 6.07) is 4.43. The van der Waals surface area contributed by atoms with Gasteiger partial charge in [0.2, 0.25) is 0 Å². The van der Waals surface area contributed by atoms with Gasteiger partial charge in [-0.05, 0) is 25.5 Å². The fraction of sp³-hybridized carbons (Fsp3) is 0.500. The standard InChI is InChI=1S/C14H18F2N2O/c1-4-10(2)18(7-8-19-3)12-6-5-11(9-17)13(15)14(12)16/h5-6,10H,4,7-8H2,1-3H3. The largest absolute Gasteiger partial charge is 0.383 e. The minimum atomic E-state index is -1.09. The zero-order chi connectivity index (χ0) is 14.4. The number of methoxy groups -OCH3 is 1. The molecule has 1 unspecified atom stereocenters. The summed E-state index contributed by atoms with van der Waals surface area (Å²) in [5.41, 5.74) is -0.111. The Morgan fingerprint density at radius 2 is 2.05 bits per heavy atom. The van der Waals surface area contributed by atoms with E-state index in [0.29, 0.717) is 13.2 Å². The first-order valence-corrected chi connectivity index (χ1v) is 6.20. The van der Waals surface area contributed by atoms with Crippen LogP contribution >= 0.6 is 0 Å². The average molecular weight is 268 g/mol. The lowest BCUT2D eigenvalue weighted by Crippen LogP contribution is -2.36. The number of benzene rings is 1. The molecule has 1 rings (SSSR count). The molecule has 0 saturated carbocycles. The SMILES string of the molecule is CCC(C)N(CCOC)c1ccc(C#N)c(F)c1F. The highest BCUT2D eigenvalue weighted by atomic mass is 19.2. The third-order valence-electron chi connectivity index (χ3n) is 3.15. The molecule has 0 heterocycles. The van der Waals surface area contributed by atoms with Crippen LogP contribution in [0.3, 0.4) is 0 Å². The van der Waals surface area contributed by atoms with Gasteiger partial charge in [0, 0.05) is 19.7 Å². The summed E-state index contributed by atoms with van der Waals surface area (Å²) in [6.45, 7) is 4.80. The van der Waals surface area contributed by atoms with Crippen molar-refractivity contribution in [1.29, 1.82) is 5.26 Å². The van der Waals surface area contributed by atoms with Crippen molar-refractivity contribution in [3.63, 3.8) is 0 Å². The Balaban J connectivity index is 3.16. The van der Waals surface area contributed by atoms with Gasteiger partial charge in [0.05, 0.1) is 17.9 Å². The van der Waals surface area contributed by atoms with Gasteiger partial charge in [-0.2, -0.15) is 5.26 Å². The summed E-state index contributed by atoms with van der Waals surface area (Å²) in [5, 5.41) is 8.68. The molecule has 0 saturated heterocycles. The number of nitriles is 1. The van der Waals surface area contributed by atoms with E-state index >= 15 is 0 Å². The van der Waals surface area contributed by atoms with Crippen molar-refractivity contribution in [3.05, 3.63) is 29.3 Å². The molecular weight excluding hydrogens is 250 g/mol. The summed E-state index contributed by atoms with van der Waals surface area (Å²) >= 11 is 0. The van der Waals surface area contributed by atoms with Crippen molar-refractivity contribution in [1.82, 2.24) is 0 Å². The Morgan fingerprint density at radius 1 is 1.37 bits per heavy atom. The molecule has 1 aromatic carbocycles. The molecule has 3 nitrogen and oxygen atoms in total. The van der Waals surface area contributed by atoms with Crippen LogP contribution in [0.25, 0.3) is 0 Å². The molecule has 0 bridgehead atoms. The fourth-order valence-corrected chi connectivity index (χ4v) is 1.84. The first-order chi connectivity index (χ1) is 9.06. The van der Waals surface area contributed by atoms with Crippen LogP contribution in [0.2, 0.25) is 0 Å². The minimum Gasteiger partial charge on any atom is -0.383 e. The van der Waals surface area contributed by atoms with Gasteiger partial charge in [-0.1, -0.05) is 6.92 Å². The van der Waals surface area contributed by atoms with E-state index in [1.54, 1.807) is 18.1 Å². The van der Waals surface area contributed by atoms with Gasteiger partial charge >= 0.3 is 0 Å². The quantitative estimate of drug-likeness (QED) is 0.795. The van der Waals surface area contributed by atoms with Gasteiger partial charge in [0.25, 0.3) is 0 Å². The van der Waals surface area contributed by atoms with Crippen LogP contribution in [0, 0.1) is 23.0 Å². The highest BCUT2D eigenvalue weighted by Gasteiger charge is 2.20. The van der Waals surface area contributed by atoms with Crippen molar-refractivity contribution in [2.75, 3.05) is 25.2 Å². The molecule has 0 N–H and O–H groups in total. The molecule has 1 aromatic rings. The van der Waals surface area contributed by atoms with Crippen LogP contribution in [0.1, 0.15) is 25.8 Å². The number of ether oxygens (including phenoxy) is 1. The van der Waals surface area contributed by atoms with E-state index in [9.17, 15) is 8.78 Å². The van der Waals surface area contributed by atoms with Gasteiger partial charge in [-0.25, -0.2) is 8.78 Å². The zero-order valence-corrected chi connectivity index (χ0v) is 11.4. The van der Waals surface area contributed by atoms with E-state index in [-0.39, 0.29) is 17.3 Å². The molecule has 0 radical (unpaired) electrons. The summed E-state index contributed by atoms with van der Waals surface area (Å²) in [4.78, 5) is 1.75. The van der Waals surface area contributed by atoms with Crippen LogP contribution in [-0.2, 0) is 4.74 Å². The monoisotopic (exact) mass is 268 g/mol. The second kappa shape index (κ2) is 7.05. The number of nitrogens with zero attached hydrogens (tertiary/aromatic N) is 2. The molecule has 0 aromatic heterocycles. The Bertz CT molecular complexity index is 471. The molecule has 0 aliphatic heterocycles. The lowest BCUT2D eigenvalue weighted by atomic mass is 10.1. The van der Waals surface area contributed by atoms with Crippen LogP contribution in [0.4, 0.5) is 14.5 Å². The fourth-order valence-electron chi connectivity index (χ4n) is 1.84. The lowest BCUT2D eigenvalue weighted by molar-refractivity contribution is 0.203. The van der Waals surface area contributed by atoms with Crippen molar-refractivity contribution >= 4 is 5.69 Å². The Kier molecular flexibility index (Phi) is 5.71. The average Bonchev–Trinajstić information content (AvgIpc) is 2.43. The molecule has 1 atom stereocenters. The van der Waals surface area contributed by atoms with Crippen LogP contribution < -0.4 is 4.90 Å². The lowest BCUT2D eigenvalue weighted by Gasteiger charge is -2.31. The first-order valence-electron chi connectivity index (χ1n) is 6.20. The molecule has 0 aliphatic rings. The van der Waals surface area contributed by atoms with Crippen LogP contribution in [0.15, 0.2) is 12.1 Å². The molecular formula is C14H18F2N2O. The minimum absolute atomic E-state index is 0.0528. The summed E-state index contributed by atoms with van der Waals surface area (Å²) in [6.07, 6.45) is 0.796. The maximum Gasteiger partial charge on any atom is 0.183 e. The number of hydrogen-bond acceptors (Lipinski definition) is 3. The predicted molar refractivity (Wildman–Crippen MR) is 70.0 cm³/mol. The van der Waals surface area contributed by atoms with E-state index in [1.165, 1.54) is 12.1 Å². The Morgan fingerprint density at radius 3 is 2.58 bits per heavy atom. The van der Waals surface area contributed by atoms with Gasteiger partial charge in [-0.3, -0.25) is 0 Å². The van der Waals surface area contributed by atoms with E-state index in [4.69, 9.17) is 10.00 Å². The number of anilines is 1. The number of rotatable bonds is 6. The summed E-state index contributed by atoms with van der Waals surface area (Å²) in [5.74, 6) is -2.07. The van der Waals surface area contributed by atoms with Crippen molar-refractivity contribution in [2.24, 2.45) is 0 Å². The Hall–Kier alpha value is -1.67. The molecule has 0 fully saturated rings. The van der Waals surface area contributed by atoms with Crippen LogP contribution in [0.5, 0.6) is 0 Å². The van der Waals surface area contributed by atoms with Gasteiger partial charge in [0.1, 0.15) is 6.07 Å². The van der Waals surface area contributed by atoms with E-state index in [2.05, 4.69) is 0 Å². The smallest absolute Gasteiger partial charge is 0.183 e. The van der Waals surface area contributed by atoms with Crippen molar-refractivity contribution in [3.8, 4) is 6.07 Å². The normalized spacial score (nSPS) is 12.0. The predicted octanol–water partition coefficient (Wildman–Crippen LogP) is 3.09. The molecule has 0 amide bonds. The van der Waals surface area contributed by atoms with E-state index in [0.717, 1.165) is 6.42 Å². The Labute approximate surface area is 112 Å². The first kappa shape index (κ1) is 15.4. The van der Waals surface area contributed by atoms with Crippen molar-refractivity contribution < 1.29 is 13.5 Å². The molecule has 0 aliphatic carbocycles. The van der Waals surface area contributed by atoms with E-state index < -0.39 is 11.6 Å². The topological polar surface area (TPSA) is 36.3 Å². The van der Waals surface area contributed by atoms with E-state index in [1.807, 2.05) is 13.8 Å². The second-order valence-corrected chi connectivity index (χ2v) is 4.32. The highest BCUT2D eigenvalue weighted by Crippen LogP contribution is 2.26. The number of halogens is 2. The van der Waals surface area contributed by atoms with Crippen molar-refractivity contribution in [2.45, 2.75) is 26.3 Å². The van der Waals surface area contributed by atoms with Gasteiger partial charge in [-0.15, -0.1) is 0 Å². The molecule has 104 valence electrons. The molecule has 0 spiro atoms. The maximum atomic E-state index is 14.0. The highest BCUT2D eigenvalue weighted by molar-refractivity contribution is 5.52. The van der Waals surface area contributed by atoms with Gasteiger partial charge < -0.3 is 9.64 Å². The second-order valence-electron chi connectivity index (χ2n) is 4.32. The summed E-state index contributed by atoms with van der Waals surface area (Å²) < 4.78 is 32.7. The summed E-state index contributed by atoms with van der Waals surface area (Å²) in [7, 11) is 1.56. The van der Waals surface area contributed by atoms with Gasteiger partial charge in [0.15, 0.2) is 11.6 Å². The molecule has 19 heavy (non-hydrogen) atoms.